The highest BCUT2D eigenvalue weighted by Crippen LogP contribution is 2.42. The van der Waals surface area contributed by atoms with Crippen molar-refractivity contribution >= 4 is 0 Å². The monoisotopic (exact) mass is 435 g/mol. The van der Waals surface area contributed by atoms with E-state index < -0.39 is 0 Å². The minimum Gasteiger partial charge on any atom is -0.395 e. The molecular weight excluding hydrogens is 382 g/mol. The van der Waals surface area contributed by atoms with E-state index in [9.17, 15) is 5.11 Å². The summed E-state index contributed by atoms with van der Waals surface area (Å²) in [7, 11) is 0. The molecule has 3 aliphatic heterocycles. The standard InChI is InChI=1S/C27H53N3O/c1-20-22(12-15-28(20)25(3,4)5)17-26(6,7)29-16-13-23(21(29)2)18-27(8,9)30-14-10-11-24(30)19-31/h20-24,31H,10-19H2,1-9H3/t20-,21+,22?,23?,24-/m0/s1. The van der Waals surface area contributed by atoms with Crippen LogP contribution in [0.1, 0.15) is 101 Å². The SMILES string of the molecule is C[C@@H]1C(CC(C)(C)N2CCC[C@H]2CO)CCN1C(C)(C)CC1CCN(C(C)(C)C)[C@H]1C. The molecule has 3 aliphatic rings. The molecule has 0 aromatic rings. The highest BCUT2D eigenvalue weighted by atomic mass is 16.3. The van der Waals surface area contributed by atoms with Crippen LogP contribution in [0.2, 0.25) is 0 Å². The number of likely N-dealkylation sites (tertiary alicyclic amines) is 3. The fourth-order valence-electron chi connectivity index (χ4n) is 7.69. The first-order valence-corrected chi connectivity index (χ1v) is 13.2. The molecule has 3 fully saturated rings. The van der Waals surface area contributed by atoms with Gasteiger partial charge in [-0.05, 0) is 132 Å². The molecule has 0 aliphatic carbocycles. The lowest BCUT2D eigenvalue weighted by Gasteiger charge is -2.45. The van der Waals surface area contributed by atoms with E-state index in [1.165, 1.54) is 45.2 Å². The average molecular weight is 436 g/mol. The summed E-state index contributed by atoms with van der Waals surface area (Å²) in [4.78, 5) is 8.17. The van der Waals surface area contributed by atoms with Crippen molar-refractivity contribution in [3.8, 4) is 0 Å². The van der Waals surface area contributed by atoms with Gasteiger partial charge in [0.2, 0.25) is 0 Å². The third kappa shape index (κ3) is 5.34. The maximum absolute atomic E-state index is 9.83. The molecule has 0 bridgehead atoms. The molecule has 0 aromatic heterocycles. The van der Waals surface area contributed by atoms with Gasteiger partial charge in [-0.3, -0.25) is 14.7 Å². The molecule has 31 heavy (non-hydrogen) atoms. The lowest BCUT2D eigenvalue weighted by Crippen LogP contribution is -2.52. The van der Waals surface area contributed by atoms with Crippen LogP contribution in [0.3, 0.4) is 0 Å². The molecule has 3 saturated heterocycles. The van der Waals surface area contributed by atoms with E-state index in [4.69, 9.17) is 0 Å². The van der Waals surface area contributed by atoms with Crippen molar-refractivity contribution in [1.82, 2.24) is 14.7 Å². The molecule has 4 heteroatoms. The van der Waals surface area contributed by atoms with Crippen molar-refractivity contribution in [3.05, 3.63) is 0 Å². The van der Waals surface area contributed by atoms with Gasteiger partial charge < -0.3 is 5.11 Å². The van der Waals surface area contributed by atoms with Crippen molar-refractivity contribution < 1.29 is 5.11 Å². The third-order valence-corrected chi connectivity index (χ3v) is 9.36. The second kappa shape index (κ2) is 9.24. The summed E-state index contributed by atoms with van der Waals surface area (Å²) in [6, 6.07) is 1.69. The van der Waals surface area contributed by atoms with Gasteiger partial charge in [0.25, 0.3) is 0 Å². The van der Waals surface area contributed by atoms with Gasteiger partial charge >= 0.3 is 0 Å². The fraction of sp³-hybridized carbons (Fsp3) is 1.00. The van der Waals surface area contributed by atoms with Gasteiger partial charge in [-0.2, -0.15) is 0 Å². The van der Waals surface area contributed by atoms with Crippen LogP contribution >= 0.6 is 0 Å². The van der Waals surface area contributed by atoms with E-state index >= 15 is 0 Å². The highest BCUT2D eigenvalue weighted by molar-refractivity contribution is 5.01. The van der Waals surface area contributed by atoms with Crippen molar-refractivity contribution in [2.24, 2.45) is 11.8 Å². The van der Waals surface area contributed by atoms with Gasteiger partial charge in [-0.15, -0.1) is 0 Å². The van der Waals surface area contributed by atoms with Crippen molar-refractivity contribution in [3.63, 3.8) is 0 Å². The predicted molar refractivity (Wildman–Crippen MR) is 133 cm³/mol. The first-order valence-electron chi connectivity index (χ1n) is 13.2. The summed E-state index contributed by atoms with van der Waals surface area (Å²) in [5.74, 6) is 1.55. The summed E-state index contributed by atoms with van der Waals surface area (Å²) < 4.78 is 0. The molecule has 0 amide bonds. The Balaban J connectivity index is 1.61. The van der Waals surface area contributed by atoms with Crippen LogP contribution in [-0.4, -0.2) is 80.8 Å². The van der Waals surface area contributed by atoms with Gasteiger partial charge in [0, 0.05) is 34.7 Å². The molecular formula is C27H53N3O. The molecule has 1 N–H and O–H groups in total. The molecule has 0 radical (unpaired) electrons. The number of aliphatic hydroxyl groups is 1. The maximum Gasteiger partial charge on any atom is 0.0587 e. The number of rotatable bonds is 7. The van der Waals surface area contributed by atoms with Crippen molar-refractivity contribution in [2.45, 2.75) is 136 Å². The number of aliphatic hydroxyl groups excluding tert-OH is 1. The Morgan fingerprint density at radius 2 is 1.16 bits per heavy atom. The van der Waals surface area contributed by atoms with Gasteiger partial charge in [-0.25, -0.2) is 0 Å². The van der Waals surface area contributed by atoms with Crippen molar-refractivity contribution in [1.29, 1.82) is 0 Å². The molecule has 0 spiro atoms. The van der Waals surface area contributed by atoms with Crippen LogP contribution < -0.4 is 0 Å². The zero-order chi connectivity index (χ0) is 23.2. The largest absolute Gasteiger partial charge is 0.395 e. The zero-order valence-electron chi connectivity index (χ0n) is 22.2. The summed E-state index contributed by atoms with van der Waals surface area (Å²) in [6.07, 6.45) is 7.61. The van der Waals surface area contributed by atoms with E-state index in [1.807, 2.05) is 0 Å². The van der Waals surface area contributed by atoms with Crippen molar-refractivity contribution in [2.75, 3.05) is 26.2 Å². The molecule has 2 unspecified atom stereocenters. The normalized spacial score (nSPS) is 34.8. The predicted octanol–water partition coefficient (Wildman–Crippen LogP) is 5.00. The summed E-state index contributed by atoms with van der Waals surface area (Å²) in [6.45, 7) is 25.9. The molecule has 4 nitrogen and oxygen atoms in total. The summed E-state index contributed by atoms with van der Waals surface area (Å²) in [5, 5.41) is 9.83. The minimum absolute atomic E-state index is 0.177. The van der Waals surface area contributed by atoms with Gasteiger partial charge in [0.1, 0.15) is 0 Å². The Morgan fingerprint density at radius 1 is 0.677 bits per heavy atom. The Hall–Kier alpha value is -0.160. The van der Waals surface area contributed by atoms with Crippen LogP contribution in [0.4, 0.5) is 0 Å². The van der Waals surface area contributed by atoms with E-state index in [0.717, 1.165) is 24.8 Å². The fourth-order valence-corrected chi connectivity index (χ4v) is 7.69. The van der Waals surface area contributed by atoms with E-state index in [2.05, 4.69) is 77.0 Å². The zero-order valence-corrected chi connectivity index (χ0v) is 22.2. The number of hydrogen-bond donors (Lipinski definition) is 1. The number of hydrogen-bond acceptors (Lipinski definition) is 4. The first kappa shape index (κ1) is 25.5. The van der Waals surface area contributed by atoms with Crippen LogP contribution in [0.25, 0.3) is 0 Å². The molecule has 0 saturated carbocycles. The second-order valence-electron chi connectivity index (χ2n) is 13.3. The molecule has 3 rings (SSSR count). The van der Waals surface area contributed by atoms with E-state index in [1.54, 1.807) is 0 Å². The van der Waals surface area contributed by atoms with Gasteiger partial charge in [0.15, 0.2) is 0 Å². The van der Waals surface area contributed by atoms with E-state index in [-0.39, 0.29) is 16.6 Å². The molecule has 0 aromatic carbocycles. The Kier molecular flexibility index (Phi) is 7.59. The quantitative estimate of drug-likeness (QED) is 0.609. The number of nitrogens with zero attached hydrogens (tertiary/aromatic N) is 3. The van der Waals surface area contributed by atoms with Crippen LogP contribution in [0, 0.1) is 11.8 Å². The first-order chi connectivity index (χ1) is 14.3. The topological polar surface area (TPSA) is 30.0 Å². The lowest BCUT2D eigenvalue weighted by molar-refractivity contribution is 0.0337. The average Bonchev–Trinajstić information content (AvgIpc) is 3.35. The smallest absolute Gasteiger partial charge is 0.0587 e. The lowest BCUT2D eigenvalue weighted by atomic mass is 9.82. The molecule has 182 valence electrons. The maximum atomic E-state index is 9.83. The third-order valence-electron chi connectivity index (χ3n) is 9.36. The molecule has 5 atom stereocenters. The summed E-state index contributed by atoms with van der Waals surface area (Å²) in [5.41, 5.74) is 0.709. The van der Waals surface area contributed by atoms with E-state index in [0.29, 0.717) is 24.7 Å². The second-order valence-corrected chi connectivity index (χ2v) is 13.3. The Labute approximate surface area is 193 Å². The summed E-state index contributed by atoms with van der Waals surface area (Å²) >= 11 is 0. The van der Waals surface area contributed by atoms with Gasteiger partial charge in [-0.1, -0.05) is 0 Å². The minimum atomic E-state index is 0.177. The Bertz CT molecular complexity index is 596. The molecule has 3 heterocycles. The highest BCUT2D eigenvalue weighted by Gasteiger charge is 2.46. The van der Waals surface area contributed by atoms with Crippen LogP contribution in [0.15, 0.2) is 0 Å². The van der Waals surface area contributed by atoms with Crippen LogP contribution in [0.5, 0.6) is 0 Å². The Morgan fingerprint density at radius 3 is 1.65 bits per heavy atom. The van der Waals surface area contributed by atoms with Crippen LogP contribution in [-0.2, 0) is 0 Å². The van der Waals surface area contributed by atoms with Gasteiger partial charge in [0.05, 0.1) is 6.61 Å².